The molecule has 1 unspecified atom stereocenters. The lowest BCUT2D eigenvalue weighted by molar-refractivity contribution is -0.231. The van der Waals surface area contributed by atoms with Gasteiger partial charge in [-0.3, -0.25) is 9.59 Å². The Bertz CT molecular complexity index is 307. The molecule has 0 aromatic heterocycles. The van der Waals surface area contributed by atoms with Crippen LogP contribution in [0.25, 0.3) is 0 Å². The Morgan fingerprint density at radius 1 is 1.24 bits per heavy atom. The molecule has 0 bridgehead atoms. The van der Waals surface area contributed by atoms with E-state index in [2.05, 4.69) is 6.58 Å². The van der Waals surface area contributed by atoms with Crippen molar-refractivity contribution in [1.29, 1.82) is 0 Å². The third kappa shape index (κ3) is 3.28. The number of carbonyl (C=O) groups is 2. The van der Waals surface area contributed by atoms with Crippen LogP contribution in [0.15, 0.2) is 12.2 Å². The van der Waals surface area contributed by atoms with Crippen LogP contribution < -0.4 is 0 Å². The van der Waals surface area contributed by atoms with Crippen molar-refractivity contribution in [3.8, 4) is 0 Å². The summed E-state index contributed by atoms with van der Waals surface area (Å²) >= 11 is 0. The van der Waals surface area contributed by atoms with Crippen LogP contribution in [0.4, 0.5) is 0 Å². The molecule has 0 aliphatic carbocycles. The SMILES string of the molecule is C=C1[C@@H](OC(C)=O)C(O)O[C@H](C)[C@H]1OC(C)=O. The highest BCUT2D eigenvalue weighted by Crippen LogP contribution is 2.27. The minimum atomic E-state index is -1.30. The van der Waals surface area contributed by atoms with Crippen LogP contribution in [-0.4, -0.2) is 41.6 Å². The van der Waals surface area contributed by atoms with E-state index in [1.165, 1.54) is 13.8 Å². The number of hydrogen-bond acceptors (Lipinski definition) is 6. The van der Waals surface area contributed by atoms with E-state index < -0.39 is 36.5 Å². The molecule has 0 radical (unpaired) electrons. The third-order valence-corrected chi connectivity index (χ3v) is 2.36. The van der Waals surface area contributed by atoms with E-state index in [4.69, 9.17) is 14.2 Å². The molecule has 1 heterocycles. The summed E-state index contributed by atoms with van der Waals surface area (Å²) in [5.41, 5.74) is 0.307. The Hall–Kier alpha value is -1.40. The highest BCUT2D eigenvalue weighted by atomic mass is 16.7. The van der Waals surface area contributed by atoms with Crippen LogP contribution in [0.1, 0.15) is 20.8 Å². The molecule has 1 saturated heterocycles. The number of ether oxygens (including phenoxy) is 3. The first-order valence-corrected chi connectivity index (χ1v) is 5.19. The number of aliphatic hydroxyl groups is 1. The van der Waals surface area contributed by atoms with Crippen molar-refractivity contribution in [2.45, 2.75) is 45.4 Å². The molecule has 1 aliphatic heterocycles. The molecular weight excluding hydrogens is 228 g/mol. The molecule has 1 N–H and O–H groups in total. The van der Waals surface area contributed by atoms with E-state index in [1.54, 1.807) is 6.92 Å². The summed E-state index contributed by atoms with van der Waals surface area (Å²) in [6, 6.07) is 0. The predicted molar refractivity (Wildman–Crippen MR) is 56.8 cm³/mol. The van der Waals surface area contributed by atoms with Crippen molar-refractivity contribution in [2.75, 3.05) is 0 Å². The largest absolute Gasteiger partial charge is 0.455 e. The van der Waals surface area contributed by atoms with Gasteiger partial charge in [0.25, 0.3) is 0 Å². The average Bonchev–Trinajstić information content (AvgIpc) is 2.18. The molecule has 0 aromatic rings. The van der Waals surface area contributed by atoms with E-state index in [0.717, 1.165) is 0 Å². The van der Waals surface area contributed by atoms with Gasteiger partial charge in [-0.1, -0.05) is 6.58 Å². The second-order valence-electron chi connectivity index (χ2n) is 3.87. The molecule has 1 rings (SSSR count). The Morgan fingerprint density at radius 2 is 1.71 bits per heavy atom. The number of hydrogen-bond donors (Lipinski definition) is 1. The fourth-order valence-electron chi connectivity index (χ4n) is 1.67. The Kier molecular flexibility index (Phi) is 4.25. The lowest BCUT2D eigenvalue weighted by Crippen LogP contribution is -2.50. The molecular formula is C11H16O6. The van der Waals surface area contributed by atoms with Crippen molar-refractivity contribution >= 4 is 11.9 Å². The van der Waals surface area contributed by atoms with Crippen LogP contribution in [0.3, 0.4) is 0 Å². The number of aliphatic hydroxyl groups excluding tert-OH is 1. The molecule has 17 heavy (non-hydrogen) atoms. The van der Waals surface area contributed by atoms with E-state index in [1.807, 2.05) is 0 Å². The Labute approximate surface area is 99.2 Å². The standard InChI is InChI=1S/C11H16O6/c1-5-9(16-7(3)12)6(2)15-11(14)10(5)17-8(4)13/h6,9-11,14H,1H2,2-4H3/t6-,9+,10-,11?/m1/s1. The molecule has 6 nitrogen and oxygen atoms in total. The Morgan fingerprint density at radius 3 is 2.18 bits per heavy atom. The maximum atomic E-state index is 10.9. The first-order chi connectivity index (χ1) is 7.82. The van der Waals surface area contributed by atoms with Crippen LogP contribution in [0.5, 0.6) is 0 Å². The monoisotopic (exact) mass is 244 g/mol. The summed E-state index contributed by atoms with van der Waals surface area (Å²) in [6.45, 7) is 7.78. The summed E-state index contributed by atoms with van der Waals surface area (Å²) in [7, 11) is 0. The number of esters is 2. The fraction of sp³-hybridized carbons (Fsp3) is 0.636. The zero-order chi connectivity index (χ0) is 13.2. The normalized spacial score (nSPS) is 33.1. The maximum absolute atomic E-state index is 10.9. The van der Waals surface area contributed by atoms with Gasteiger partial charge >= 0.3 is 11.9 Å². The fourth-order valence-corrected chi connectivity index (χ4v) is 1.67. The molecule has 0 spiro atoms. The molecule has 1 fully saturated rings. The molecule has 4 atom stereocenters. The lowest BCUT2D eigenvalue weighted by atomic mass is 9.97. The number of rotatable bonds is 2. The van der Waals surface area contributed by atoms with Crippen molar-refractivity contribution in [2.24, 2.45) is 0 Å². The van der Waals surface area contributed by atoms with E-state index >= 15 is 0 Å². The van der Waals surface area contributed by atoms with Gasteiger partial charge in [0.1, 0.15) is 0 Å². The Balaban J connectivity index is 2.82. The second kappa shape index (κ2) is 5.29. The van der Waals surface area contributed by atoms with Gasteiger partial charge in [0.05, 0.1) is 6.10 Å². The average molecular weight is 244 g/mol. The van der Waals surface area contributed by atoms with Crippen LogP contribution in [0.2, 0.25) is 0 Å². The molecule has 0 aromatic carbocycles. The molecule has 96 valence electrons. The summed E-state index contributed by atoms with van der Waals surface area (Å²) in [5.74, 6) is -1.07. The second-order valence-corrected chi connectivity index (χ2v) is 3.87. The maximum Gasteiger partial charge on any atom is 0.303 e. The van der Waals surface area contributed by atoms with E-state index in [9.17, 15) is 14.7 Å². The number of carbonyl (C=O) groups excluding carboxylic acids is 2. The van der Waals surface area contributed by atoms with Crippen LogP contribution >= 0.6 is 0 Å². The smallest absolute Gasteiger partial charge is 0.303 e. The first-order valence-electron chi connectivity index (χ1n) is 5.19. The molecule has 1 aliphatic rings. The summed E-state index contributed by atoms with van der Waals surface area (Å²) < 4.78 is 15.0. The van der Waals surface area contributed by atoms with Gasteiger partial charge in [-0.05, 0) is 6.92 Å². The first kappa shape index (κ1) is 13.7. The minimum Gasteiger partial charge on any atom is -0.455 e. The van der Waals surface area contributed by atoms with Crippen molar-refractivity contribution in [3.05, 3.63) is 12.2 Å². The topological polar surface area (TPSA) is 82.1 Å². The third-order valence-electron chi connectivity index (χ3n) is 2.36. The summed E-state index contributed by atoms with van der Waals surface area (Å²) in [6.07, 6.45) is -3.60. The predicted octanol–water partition coefficient (Wildman–Crippen LogP) is 0.143. The van der Waals surface area contributed by atoms with Crippen molar-refractivity contribution in [3.63, 3.8) is 0 Å². The summed E-state index contributed by atoms with van der Waals surface area (Å²) in [5, 5.41) is 9.61. The zero-order valence-electron chi connectivity index (χ0n) is 10.0. The van der Waals surface area contributed by atoms with Crippen LogP contribution in [0, 0.1) is 0 Å². The van der Waals surface area contributed by atoms with Gasteiger partial charge in [-0.2, -0.15) is 0 Å². The van der Waals surface area contributed by atoms with Gasteiger partial charge in [0.15, 0.2) is 18.5 Å². The van der Waals surface area contributed by atoms with Gasteiger partial charge in [0, 0.05) is 19.4 Å². The highest BCUT2D eigenvalue weighted by molar-refractivity contribution is 5.67. The van der Waals surface area contributed by atoms with E-state index in [-0.39, 0.29) is 0 Å². The molecule has 0 amide bonds. The van der Waals surface area contributed by atoms with Gasteiger partial charge < -0.3 is 19.3 Å². The van der Waals surface area contributed by atoms with Crippen LogP contribution in [-0.2, 0) is 23.8 Å². The van der Waals surface area contributed by atoms with Crippen molar-refractivity contribution < 1.29 is 28.9 Å². The molecule has 0 saturated carbocycles. The zero-order valence-corrected chi connectivity index (χ0v) is 10.0. The van der Waals surface area contributed by atoms with Gasteiger partial charge in [-0.25, -0.2) is 0 Å². The lowest BCUT2D eigenvalue weighted by Gasteiger charge is -2.38. The van der Waals surface area contributed by atoms with Gasteiger partial charge in [0.2, 0.25) is 0 Å². The van der Waals surface area contributed by atoms with Crippen molar-refractivity contribution in [1.82, 2.24) is 0 Å². The molecule has 6 heteroatoms. The van der Waals surface area contributed by atoms with E-state index in [0.29, 0.717) is 5.57 Å². The summed E-state index contributed by atoms with van der Waals surface area (Å²) in [4.78, 5) is 21.8. The van der Waals surface area contributed by atoms with Gasteiger partial charge in [-0.15, -0.1) is 0 Å². The quantitative estimate of drug-likeness (QED) is 0.549. The minimum absolute atomic E-state index is 0.307. The highest BCUT2D eigenvalue weighted by Gasteiger charge is 2.41.